The van der Waals surface area contributed by atoms with Gasteiger partial charge in [0.25, 0.3) is 0 Å². The van der Waals surface area contributed by atoms with Gasteiger partial charge in [0.1, 0.15) is 18.4 Å². The number of benzene rings is 1. The summed E-state index contributed by atoms with van der Waals surface area (Å²) in [5.41, 5.74) is 6.81. The van der Waals surface area contributed by atoms with Crippen molar-refractivity contribution >= 4 is 11.3 Å². The van der Waals surface area contributed by atoms with Crippen LogP contribution in [0.1, 0.15) is 16.0 Å². The van der Waals surface area contributed by atoms with Crippen molar-refractivity contribution in [2.45, 2.75) is 6.61 Å². The van der Waals surface area contributed by atoms with E-state index in [-0.39, 0.29) is 0 Å². The standard InChI is InChI=1S/C15H12N2OS/c16-7-3-4-12-8-14(19-11-12)10-18-15-6-2-1-5-13(15)9-17/h1-2,5-6,8,11H,7,10,16H2. The Kier molecular flexibility index (Phi) is 4.58. The zero-order valence-corrected chi connectivity index (χ0v) is 11.0. The first-order chi connectivity index (χ1) is 9.33. The molecule has 0 bridgehead atoms. The van der Waals surface area contributed by atoms with Crippen molar-refractivity contribution in [3.8, 4) is 23.7 Å². The molecule has 0 aliphatic rings. The lowest BCUT2D eigenvalue weighted by Gasteiger charge is -2.05. The summed E-state index contributed by atoms with van der Waals surface area (Å²) in [4.78, 5) is 1.06. The second kappa shape index (κ2) is 6.61. The third-order valence-electron chi connectivity index (χ3n) is 2.37. The fraction of sp³-hybridized carbons (Fsp3) is 0.133. The molecule has 0 fully saturated rings. The van der Waals surface area contributed by atoms with Crippen LogP contribution in [-0.4, -0.2) is 6.54 Å². The highest BCUT2D eigenvalue weighted by Gasteiger charge is 2.03. The van der Waals surface area contributed by atoms with Gasteiger partial charge in [-0.25, -0.2) is 0 Å². The molecule has 1 heterocycles. The number of nitriles is 1. The number of hydrogen-bond acceptors (Lipinski definition) is 4. The van der Waals surface area contributed by atoms with E-state index < -0.39 is 0 Å². The Hall–Kier alpha value is -2.27. The van der Waals surface area contributed by atoms with E-state index >= 15 is 0 Å². The van der Waals surface area contributed by atoms with Crippen LogP contribution in [0.5, 0.6) is 5.75 Å². The zero-order valence-electron chi connectivity index (χ0n) is 10.2. The topological polar surface area (TPSA) is 59.0 Å². The minimum Gasteiger partial charge on any atom is -0.487 e. The first-order valence-electron chi connectivity index (χ1n) is 5.71. The van der Waals surface area contributed by atoms with Gasteiger partial charge in [-0.15, -0.1) is 11.3 Å². The molecule has 2 N–H and O–H groups in total. The summed E-state index contributed by atoms with van der Waals surface area (Å²) in [7, 11) is 0. The maximum Gasteiger partial charge on any atom is 0.137 e. The van der Waals surface area contributed by atoms with E-state index in [1.807, 2.05) is 23.6 Å². The largest absolute Gasteiger partial charge is 0.487 e. The number of thiophene rings is 1. The normalized spacial score (nSPS) is 9.26. The van der Waals surface area contributed by atoms with Crippen LogP contribution >= 0.6 is 11.3 Å². The van der Waals surface area contributed by atoms with Gasteiger partial charge in [-0.1, -0.05) is 24.0 Å². The predicted molar refractivity (Wildman–Crippen MR) is 75.7 cm³/mol. The van der Waals surface area contributed by atoms with Crippen LogP contribution in [0.25, 0.3) is 0 Å². The number of para-hydroxylation sites is 1. The van der Waals surface area contributed by atoms with Crippen LogP contribution in [0.15, 0.2) is 35.7 Å². The second-order valence-electron chi connectivity index (χ2n) is 3.70. The summed E-state index contributed by atoms with van der Waals surface area (Å²) in [5, 5.41) is 10.9. The molecule has 0 unspecified atom stereocenters. The summed E-state index contributed by atoms with van der Waals surface area (Å²) < 4.78 is 5.65. The maximum atomic E-state index is 8.96. The molecule has 0 aliphatic carbocycles. The van der Waals surface area contributed by atoms with Crippen molar-refractivity contribution < 1.29 is 4.74 Å². The Morgan fingerprint density at radius 1 is 1.32 bits per heavy atom. The van der Waals surface area contributed by atoms with E-state index in [1.54, 1.807) is 23.5 Å². The first-order valence-corrected chi connectivity index (χ1v) is 6.59. The minimum atomic E-state index is 0.358. The van der Waals surface area contributed by atoms with E-state index in [9.17, 15) is 0 Å². The SMILES string of the molecule is N#Cc1ccccc1OCc1cc(C#CCN)cs1. The average Bonchev–Trinajstić information content (AvgIpc) is 2.91. The van der Waals surface area contributed by atoms with Crippen molar-refractivity contribution in [3.05, 3.63) is 51.7 Å². The highest BCUT2D eigenvalue weighted by molar-refractivity contribution is 7.10. The molecule has 3 nitrogen and oxygen atoms in total. The molecule has 0 aliphatic heterocycles. The molecule has 94 valence electrons. The Labute approximate surface area is 116 Å². The first kappa shape index (κ1) is 13.2. The predicted octanol–water partition coefficient (Wildman–Crippen LogP) is 2.51. The average molecular weight is 268 g/mol. The molecule has 0 amide bonds. The van der Waals surface area contributed by atoms with Gasteiger partial charge in [0.05, 0.1) is 12.1 Å². The van der Waals surface area contributed by atoms with Crippen LogP contribution in [-0.2, 0) is 6.61 Å². The molecule has 0 spiro atoms. The summed E-state index contributed by atoms with van der Waals surface area (Å²) in [5.74, 6) is 6.39. The molecular formula is C15H12N2OS. The van der Waals surface area contributed by atoms with Crippen molar-refractivity contribution in [1.29, 1.82) is 5.26 Å². The molecule has 0 saturated heterocycles. The fourth-order valence-corrected chi connectivity index (χ4v) is 2.24. The van der Waals surface area contributed by atoms with E-state index in [2.05, 4.69) is 17.9 Å². The van der Waals surface area contributed by atoms with Gasteiger partial charge in [0.2, 0.25) is 0 Å². The van der Waals surface area contributed by atoms with Gasteiger partial charge >= 0.3 is 0 Å². The van der Waals surface area contributed by atoms with Crippen molar-refractivity contribution in [1.82, 2.24) is 0 Å². The highest BCUT2D eigenvalue weighted by Crippen LogP contribution is 2.20. The molecule has 19 heavy (non-hydrogen) atoms. The fourth-order valence-electron chi connectivity index (χ4n) is 1.51. The van der Waals surface area contributed by atoms with Gasteiger partial charge < -0.3 is 10.5 Å². The van der Waals surface area contributed by atoms with Crippen molar-refractivity contribution in [3.63, 3.8) is 0 Å². The molecule has 0 radical (unpaired) electrons. The molecule has 1 aromatic carbocycles. The molecule has 1 aromatic heterocycles. The number of nitrogens with zero attached hydrogens (tertiary/aromatic N) is 1. The van der Waals surface area contributed by atoms with Gasteiger partial charge in [-0.2, -0.15) is 5.26 Å². The number of hydrogen-bond donors (Lipinski definition) is 1. The smallest absolute Gasteiger partial charge is 0.137 e. The van der Waals surface area contributed by atoms with Gasteiger partial charge in [0.15, 0.2) is 0 Å². The molecular weight excluding hydrogens is 256 g/mol. The second-order valence-corrected chi connectivity index (χ2v) is 4.70. The minimum absolute atomic E-state index is 0.358. The van der Waals surface area contributed by atoms with Crippen LogP contribution in [0.4, 0.5) is 0 Å². The summed E-state index contributed by atoms with van der Waals surface area (Å²) in [6, 6.07) is 11.3. The molecule has 2 rings (SSSR count). The van der Waals surface area contributed by atoms with E-state index in [1.165, 1.54) is 0 Å². The van der Waals surface area contributed by atoms with Gasteiger partial charge in [-0.05, 0) is 18.2 Å². The number of nitrogens with two attached hydrogens (primary N) is 1. The lowest BCUT2D eigenvalue weighted by atomic mass is 10.2. The molecule has 2 aromatic rings. The van der Waals surface area contributed by atoms with E-state index in [0.717, 1.165) is 10.4 Å². The monoisotopic (exact) mass is 268 g/mol. The quantitative estimate of drug-likeness (QED) is 0.870. The lowest BCUT2D eigenvalue weighted by molar-refractivity contribution is 0.309. The third kappa shape index (κ3) is 3.59. The molecule has 0 saturated carbocycles. The van der Waals surface area contributed by atoms with Crippen LogP contribution in [0.3, 0.4) is 0 Å². The zero-order chi connectivity index (χ0) is 13.5. The molecule has 4 heteroatoms. The van der Waals surface area contributed by atoms with E-state index in [0.29, 0.717) is 24.5 Å². The number of ether oxygens (including phenoxy) is 1. The summed E-state index contributed by atoms with van der Waals surface area (Å²) in [6.45, 7) is 0.797. The van der Waals surface area contributed by atoms with Crippen molar-refractivity contribution in [2.75, 3.05) is 6.54 Å². The Morgan fingerprint density at radius 3 is 2.95 bits per heavy atom. The Morgan fingerprint density at radius 2 is 2.16 bits per heavy atom. The lowest BCUT2D eigenvalue weighted by Crippen LogP contribution is -1.95. The van der Waals surface area contributed by atoms with E-state index in [4.69, 9.17) is 15.7 Å². The van der Waals surface area contributed by atoms with Gasteiger partial charge in [-0.3, -0.25) is 0 Å². The number of rotatable bonds is 3. The Bertz CT molecular complexity index is 659. The third-order valence-corrected chi connectivity index (χ3v) is 3.28. The van der Waals surface area contributed by atoms with Crippen LogP contribution in [0.2, 0.25) is 0 Å². The highest BCUT2D eigenvalue weighted by atomic mass is 32.1. The van der Waals surface area contributed by atoms with Crippen LogP contribution in [0, 0.1) is 23.2 Å². The van der Waals surface area contributed by atoms with Crippen LogP contribution < -0.4 is 10.5 Å². The van der Waals surface area contributed by atoms with Gasteiger partial charge in [0, 0.05) is 15.8 Å². The summed E-state index contributed by atoms with van der Waals surface area (Å²) in [6.07, 6.45) is 0. The maximum absolute atomic E-state index is 8.96. The Balaban J connectivity index is 2.03. The summed E-state index contributed by atoms with van der Waals surface area (Å²) >= 11 is 1.58. The molecule has 0 atom stereocenters. The van der Waals surface area contributed by atoms with Crippen molar-refractivity contribution in [2.24, 2.45) is 5.73 Å².